The van der Waals surface area contributed by atoms with Crippen molar-refractivity contribution in [1.29, 1.82) is 5.26 Å². The standard InChI is InChI=1S/C13H18FN3O2S/c1-4-17(8-9(2)7-15)20(18,19)11-5-10(3)13(14)12(16)6-11/h5-6,9H,4,8,16H2,1-3H3. The quantitative estimate of drug-likeness (QED) is 0.841. The summed E-state index contributed by atoms with van der Waals surface area (Å²) in [5.74, 6) is -1.04. The Morgan fingerprint density at radius 3 is 2.55 bits per heavy atom. The van der Waals surface area contributed by atoms with Crippen molar-refractivity contribution < 1.29 is 12.8 Å². The van der Waals surface area contributed by atoms with Gasteiger partial charge in [0.05, 0.1) is 22.6 Å². The number of aryl methyl sites for hydroxylation is 1. The molecule has 0 amide bonds. The minimum absolute atomic E-state index is 0.0547. The Kier molecular flexibility index (Phi) is 5.09. The first kappa shape index (κ1) is 16.4. The molecule has 110 valence electrons. The molecule has 0 bridgehead atoms. The lowest BCUT2D eigenvalue weighted by Crippen LogP contribution is -2.34. The third-order valence-electron chi connectivity index (χ3n) is 2.94. The zero-order chi connectivity index (χ0) is 15.5. The summed E-state index contributed by atoms with van der Waals surface area (Å²) in [6.45, 7) is 5.10. The summed E-state index contributed by atoms with van der Waals surface area (Å²) >= 11 is 0. The van der Waals surface area contributed by atoms with E-state index in [9.17, 15) is 12.8 Å². The molecule has 20 heavy (non-hydrogen) atoms. The number of sulfonamides is 1. The second-order valence-corrected chi connectivity index (χ2v) is 6.57. The third kappa shape index (κ3) is 3.26. The number of halogens is 1. The summed E-state index contributed by atoms with van der Waals surface area (Å²) in [4.78, 5) is -0.0547. The van der Waals surface area contributed by atoms with Gasteiger partial charge in [-0.15, -0.1) is 0 Å². The second-order valence-electron chi connectivity index (χ2n) is 4.63. The van der Waals surface area contributed by atoms with Gasteiger partial charge in [-0.1, -0.05) is 6.92 Å². The number of anilines is 1. The molecule has 0 aliphatic rings. The molecule has 1 atom stereocenters. The van der Waals surface area contributed by atoms with Crippen molar-refractivity contribution in [3.8, 4) is 6.07 Å². The van der Waals surface area contributed by atoms with Crippen LogP contribution in [0.25, 0.3) is 0 Å². The first-order chi connectivity index (χ1) is 9.23. The maximum atomic E-state index is 13.5. The molecule has 0 aromatic heterocycles. The molecule has 0 saturated heterocycles. The molecule has 1 unspecified atom stereocenters. The maximum Gasteiger partial charge on any atom is 0.243 e. The van der Waals surface area contributed by atoms with Gasteiger partial charge < -0.3 is 5.73 Å². The average molecular weight is 299 g/mol. The fourth-order valence-electron chi connectivity index (χ4n) is 1.80. The average Bonchev–Trinajstić information content (AvgIpc) is 2.40. The molecule has 7 heteroatoms. The van der Waals surface area contributed by atoms with E-state index in [1.807, 2.05) is 6.07 Å². The van der Waals surface area contributed by atoms with Gasteiger partial charge in [0.2, 0.25) is 10.0 Å². The monoisotopic (exact) mass is 299 g/mol. The topological polar surface area (TPSA) is 87.2 Å². The van der Waals surface area contributed by atoms with Crippen LogP contribution >= 0.6 is 0 Å². The van der Waals surface area contributed by atoms with Crippen LogP contribution in [0.3, 0.4) is 0 Å². The van der Waals surface area contributed by atoms with Gasteiger partial charge >= 0.3 is 0 Å². The van der Waals surface area contributed by atoms with E-state index < -0.39 is 21.8 Å². The van der Waals surface area contributed by atoms with Crippen LogP contribution in [0, 0.1) is 30.0 Å². The van der Waals surface area contributed by atoms with Gasteiger partial charge in [-0.25, -0.2) is 12.8 Å². The van der Waals surface area contributed by atoms with E-state index >= 15 is 0 Å². The molecule has 2 N–H and O–H groups in total. The first-order valence-corrected chi connectivity index (χ1v) is 7.63. The highest BCUT2D eigenvalue weighted by Gasteiger charge is 2.26. The Morgan fingerprint density at radius 1 is 1.50 bits per heavy atom. The first-order valence-electron chi connectivity index (χ1n) is 6.19. The zero-order valence-corrected chi connectivity index (χ0v) is 12.5. The van der Waals surface area contributed by atoms with Crippen molar-refractivity contribution in [2.24, 2.45) is 5.92 Å². The van der Waals surface area contributed by atoms with Crippen LogP contribution < -0.4 is 5.73 Å². The summed E-state index contributed by atoms with van der Waals surface area (Å²) in [5.41, 5.74) is 5.45. The van der Waals surface area contributed by atoms with Crippen molar-refractivity contribution in [1.82, 2.24) is 4.31 Å². The van der Waals surface area contributed by atoms with E-state index in [2.05, 4.69) is 0 Å². The molecular formula is C13H18FN3O2S. The highest BCUT2D eigenvalue weighted by Crippen LogP contribution is 2.24. The lowest BCUT2D eigenvalue weighted by Gasteiger charge is -2.22. The maximum absolute atomic E-state index is 13.5. The van der Waals surface area contributed by atoms with Crippen LogP contribution in [0.1, 0.15) is 19.4 Å². The molecule has 0 radical (unpaired) electrons. The van der Waals surface area contributed by atoms with Crippen molar-refractivity contribution in [2.45, 2.75) is 25.7 Å². The van der Waals surface area contributed by atoms with E-state index in [1.165, 1.54) is 17.3 Å². The molecule has 1 aromatic rings. The van der Waals surface area contributed by atoms with E-state index in [4.69, 9.17) is 11.0 Å². The van der Waals surface area contributed by atoms with Gasteiger partial charge in [-0.05, 0) is 31.5 Å². The zero-order valence-electron chi connectivity index (χ0n) is 11.7. The fraction of sp³-hybridized carbons (Fsp3) is 0.462. The number of nitrogens with two attached hydrogens (primary N) is 1. The van der Waals surface area contributed by atoms with Crippen LogP contribution in [0.15, 0.2) is 17.0 Å². The number of benzene rings is 1. The molecule has 0 heterocycles. The molecule has 0 aliphatic heterocycles. The molecule has 0 aliphatic carbocycles. The van der Waals surface area contributed by atoms with Crippen LogP contribution in [0.4, 0.5) is 10.1 Å². The Bertz CT molecular complexity index is 615. The summed E-state index contributed by atoms with van der Waals surface area (Å²) in [6.07, 6.45) is 0. The SMILES string of the molecule is CCN(CC(C)C#N)S(=O)(=O)c1cc(C)c(F)c(N)c1. The highest BCUT2D eigenvalue weighted by molar-refractivity contribution is 7.89. The van der Waals surface area contributed by atoms with Crippen molar-refractivity contribution >= 4 is 15.7 Å². The van der Waals surface area contributed by atoms with Crippen LogP contribution in [-0.4, -0.2) is 25.8 Å². The molecule has 0 saturated carbocycles. The Labute approximate surface area is 118 Å². The van der Waals surface area contributed by atoms with Crippen molar-refractivity contribution in [3.63, 3.8) is 0 Å². The van der Waals surface area contributed by atoms with Crippen LogP contribution in [-0.2, 0) is 10.0 Å². The van der Waals surface area contributed by atoms with Gasteiger partial charge in [-0.3, -0.25) is 0 Å². The summed E-state index contributed by atoms with van der Waals surface area (Å²) in [5, 5.41) is 8.80. The van der Waals surface area contributed by atoms with Gasteiger partial charge in [-0.2, -0.15) is 9.57 Å². The predicted molar refractivity (Wildman–Crippen MR) is 74.8 cm³/mol. The van der Waals surface area contributed by atoms with E-state index in [-0.39, 0.29) is 29.2 Å². The third-order valence-corrected chi connectivity index (χ3v) is 4.86. The number of rotatable bonds is 5. The minimum atomic E-state index is -3.78. The smallest absolute Gasteiger partial charge is 0.243 e. The highest BCUT2D eigenvalue weighted by atomic mass is 32.2. The summed E-state index contributed by atoms with van der Waals surface area (Å²) in [7, 11) is -3.78. The number of hydrogen-bond donors (Lipinski definition) is 1. The molecule has 0 spiro atoms. The van der Waals surface area contributed by atoms with Gasteiger partial charge in [0.25, 0.3) is 0 Å². The fourth-order valence-corrected chi connectivity index (χ4v) is 3.46. The number of nitrogens with zero attached hydrogens (tertiary/aromatic N) is 2. The predicted octanol–water partition coefficient (Wildman–Crippen LogP) is 1.89. The Balaban J connectivity index is 3.25. The molecule has 1 rings (SSSR count). The number of nitrogen functional groups attached to an aromatic ring is 1. The largest absolute Gasteiger partial charge is 0.396 e. The lowest BCUT2D eigenvalue weighted by atomic mass is 10.2. The van der Waals surface area contributed by atoms with E-state index in [0.29, 0.717) is 0 Å². The van der Waals surface area contributed by atoms with Gasteiger partial charge in [0, 0.05) is 13.1 Å². The van der Waals surface area contributed by atoms with Gasteiger partial charge in [0.15, 0.2) is 0 Å². The summed E-state index contributed by atoms with van der Waals surface area (Å²) in [6, 6.07) is 4.35. The van der Waals surface area contributed by atoms with E-state index in [0.717, 1.165) is 6.07 Å². The van der Waals surface area contributed by atoms with Gasteiger partial charge in [0.1, 0.15) is 5.82 Å². The van der Waals surface area contributed by atoms with Crippen molar-refractivity contribution in [3.05, 3.63) is 23.5 Å². The second kappa shape index (κ2) is 6.20. The van der Waals surface area contributed by atoms with Crippen molar-refractivity contribution in [2.75, 3.05) is 18.8 Å². The van der Waals surface area contributed by atoms with Crippen LogP contribution in [0.2, 0.25) is 0 Å². The normalized spacial score (nSPS) is 13.2. The molecule has 1 aromatic carbocycles. The number of hydrogen-bond acceptors (Lipinski definition) is 4. The molecular weight excluding hydrogens is 281 g/mol. The lowest BCUT2D eigenvalue weighted by molar-refractivity contribution is 0.399. The number of nitriles is 1. The van der Waals surface area contributed by atoms with E-state index in [1.54, 1.807) is 13.8 Å². The Hall–Kier alpha value is -1.65. The molecule has 5 nitrogen and oxygen atoms in total. The van der Waals surface area contributed by atoms with Crippen LogP contribution in [0.5, 0.6) is 0 Å². The Morgan fingerprint density at radius 2 is 2.10 bits per heavy atom. The minimum Gasteiger partial charge on any atom is -0.396 e. The molecule has 0 fully saturated rings. The summed E-state index contributed by atoms with van der Waals surface area (Å²) < 4.78 is 39.6.